The first-order valence-electron chi connectivity index (χ1n) is 5.94. The summed E-state index contributed by atoms with van der Waals surface area (Å²) >= 11 is 0. The molecule has 0 bridgehead atoms. The van der Waals surface area contributed by atoms with Gasteiger partial charge in [-0.2, -0.15) is 0 Å². The van der Waals surface area contributed by atoms with Gasteiger partial charge in [0.2, 0.25) is 5.91 Å². The van der Waals surface area contributed by atoms with Crippen molar-refractivity contribution in [3.05, 3.63) is 0 Å². The van der Waals surface area contributed by atoms with Gasteiger partial charge in [0.15, 0.2) is 0 Å². The van der Waals surface area contributed by atoms with Crippen LogP contribution < -0.4 is 5.32 Å². The van der Waals surface area contributed by atoms with E-state index in [4.69, 9.17) is 9.47 Å². The molecule has 100 valence electrons. The molecule has 0 aromatic carbocycles. The van der Waals surface area contributed by atoms with Crippen LogP contribution in [0.3, 0.4) is 0 Å². The fraction of sp³-hybridized carbons (Fsp3) is 0.833. The molecule has 0 heterocycles. The summed E-state index contributed by atoms with van der Waals surface area (Å²) in [5.41, 5.74) is 0. The minimum atomic E-state index is -0.0581. The Bertz CT molecular complexity index is 229. The average molecular weight is 245 g/mol. The number of ether oxygens (including phenoxy) is 2. The summed E-state index contributed by atoms with van der Waals surface area (Å²) in [5.74, 6) is 0.183. The van der Waals surface area contributed by atoms with Gasteiger partial charge in [-0.25, -0.2) is 0 Å². The third-order valence-corrected chi connectivity index (χ3v) is 2.24. The molecule has 0 aromatic heterocycles. The van der Waals surface area contributed by atoms with Crippen LogP contribution in [-0.4, -0.2) is 45.2 Å². The van der Waals surface area contributed by atoms with E-state index in [0.29, 0.717) is 39.2 Å². The summed E-state index contributed by atoms with van der Waals surface area (Å²) < 4.78 is 10.0. The molecule has 0 radical (unpaired) electrons. The van der Waals surface area contributed by atoms with Crippen molar-refractivity contribution in [3.63, 3.8) is 0 Å². The van der Waals surface area contributed by atoms with Crippen molar-refractivity contribution >= 4 is 11.7 Å². The Labute approximate surface area is 103 Å². The van der Waals surface area contributed by atoms with E-state index >= 15 is 0 Å². The van der Waals surface area contributed by atoms with E-state index < -0.39 is 0 Å². The van der Waals surface area contributed by atoms with Gasteiger partial charge < -0.3 is 14.8 Å². The van der Waals surface area contributed by atoms with Gasteiger partial charge in [0, 0.05) is 32.4 Å². The minimum absolute atomic E-state index is 0.0518. The maximum Gasteiger partial charge on any atom is 0.222 e. The van der Waals surface area contributed by atoms with Gasteiger partial charge in [0.05, 0.1) is 19.8 Å². The van der Waals surface area contributed by atoms with E-state index in [2.05, 4.69) is 5.32 Å². The predicted molar refractivity (Wildman–Crippen MR) is 64.8 cm³/mol. The lowest BCUT2D eigenvalue weighted by atomic mass is 10.1. The highest BCUT2D eigenvalue weighted by Crippen LogP contribution is 1.98. The molecule has 0 atom stereocenters. The predicted octanol–water partition coefficient (Wildman–Crippen LogP) is 0.771. The monoisotopic (exact) mass is 245 g/mol. The molecule has 0 saturated heterocycles. The Kier molecular flexibility index (Phi) is 9.66. The lowest BCUT2D eigenvalue weighted by Crippen LogP contribution is -2.27. The SMILES string of the molecule is COCCNC(=O)CCOCCC(=O)C(C)C. The smallest absolute Gasteiger partial charge is 0.222 e. The standard InChI is InChI=1S/C12H23NO4/c1-10(2)11(14)4-7-17-8-5-12(15)13-6-9-16-3/h10H,4-9H2,1-3H3,(H,13,15). The van der Waals surface area contributed by atoms with Gasteiger partial charge in [-0.1, -0.05) is 13.8 Å². The molecule has 0 fully saturated rings. The van der Waals surface area contributed by atoms with Crippen LogP contribution in [0.5, 0.6) is 0 Å². The average Bonchev–Trinajstić information content (AvgIpc) is 2.28. The molecule has 0 aliphatic rings. The Hall–Kier alpha value is -0.940. The maximum atomic E-state index is 11.2. The van der Waals surface area contributed by atoms with Crippen LogP contribution >= 0.6 is 0 Å². The molecular formula is C12H23NO4. The second-order valence-electron chi connectivity index (χ2n) is 4.08. The van der Waals surface area contributed by atoms with Gasteiger partial charge in [-0.3, -0.25) is 9.59 Å². The molecule has 0 saturated carbocycles. The Morgan fingerprint density at radius 3 is 2.35 bits per heavy atom. The van der Waals surface area contributed by atoms with Gasteiger partial charge >= 0.3 is 0 Å². The summed E-state index contributed by atoms with van der Waals surface area (Å²) in [5, 5.41) is 2.69. The zero-order valence-corrected chi connectivity index (χ0v) is 11.0. The fourth-order valence-electron chi connectivity index (χ4n) is 1.11. The Morgan fingerprint density at radius 1 is 1.12 bits per heavy atom. The number of amides is 1. The molecule has 17 heavy (non-hydrogen) atoms. The van der Waals surface area contributed by atoms with Gasteiger partial charge in [0.25, 0.3) is 0 Å². The van der Waals surface area contributed by atoms with Crippen molar-refractivity contribution < 1.29 is 19.1 Å². The summed E-state index contributed by atoms with van der Waals surface area (Å²) in [7, 11) is 1.58. The first kappa shape index (κ1) is 16.1. The third-order valence-electron chi connectivity index (χ3n) is 2.24. The first-order valence-corrected chi connectivity index (χ1v) is 5.94. The Morgan fingerprint density at radius 2 is 1.76 bits per heavy atom. The van der Waals surface area contributed by atoms with Crippen molar-refractivity contribution in [3.8, 4) is 0 Å². The van der Waals surface area contributed by atoms with Crippen molar-refractivity contribution in [2.75, 3.05) is 33.5 Å². The zero-order chi connectivity index (χ0) is 13.1. The molecule has 0 unspecified atom stereocenters. The number of carbonyl (C=O) groups excluding carboxylic acids is 2. The molecule has 0 aliphatic carbocycles. The summed E-state index contributed by atoms with van der Waals surface area (Å²) in [4.78, 5) is 22.5. The maximum absolute atomic E-state index is 11.2. The first-order chi connectivity index (χ1) is 8.07. The summed E-state index contributed by atoms with van der Waals surface area (Å²) in [6.07, 6.45) is 0.739. The number of Topliss-reactive ketones (excluding diaryl/α,β-unsaturated/α-hetero) is 1. The molecule has 1 amide bonds. The van der Waals surface area contributed by atoms with Crippen LogP contribution in [0.15, 0.2) is 0 Å². The molecule has 0 aliphatic heterocycles. The van der Waals surface area contributed by atoms with Gasteiger partial charge in [-0.05, 0) is 0 Å². The molecule has 0 rings (SSSR count). The van der Waals surface area contributed by atoms with Gasteiger partial charge in [0.1, 0.15) is 5.78 Å². The van der Waals surface area contributed by atoms with Crippen LogP contribution in [0.2, 0.25) is 0 Å². The topological polar surface area (TPSA) is 64.6 Å². The number of hydrogen-bond donors (Lipinski definition) is 1. The van der Waals surface area contributed by atoms with Crippen molar-refractivity contribution in [1.82, 2.24) is 5.32 Å². The van der Waals surface area contributed by atoms with Crippen molar-refractivity contribution in [2.45, 2.75) is 26.7 Å². The number of nitrogens with one attached hydrogen (secondary N) is 1. The lowest BCUT2D eigenvalue weighted by Gasteiger charge is -2.06. The number of methoxy groups -OCH3 is 1. The van der Waals surface area contributed by atoms with E-state index in [-0.39, 0.29) is 17.6 Å². The minimum Gasteiger partial charge on any atom is -0.383 e. The molecular weight excluding hydrogens is 222 g/mol. The number of carbonyl (C=O) groups is 2. The van der Waals surface area contributed by atoms with Crippen LogP contribution in [0.1, 0.15) is 26.7 Å². The largest absolute Gasteiger partial charge is 0.383 e. The molecule has 5 heteroatoms. The number of rotatable bonds is 10. The highest BCUT2D eigenvalue weighted by atomic mass is 16.5. The summed E-state index contributed by atoms with van der Waals surface area (Å²) in [6, 6.07) is 0. The van der Waals surface area contributed by atoms with Crippen LogP contribution in [-0.2, 0) is 19.1 Å². The van der Waals surface area contributed by atoms with Gasteiger partial charge in [-0.15, -0.1) is 0 Å². The van der Waals surface area contributed by atoms with Crippen molar-refractivity contribution in [1.29, 1.82) is 0 Å². The molecule has 0 aromatic rings. The number of ketones is 1. The second kappa shape index (κ2) is 10.2. The second-order valence-corrected chi connectivity index (χ2v) is 4.08. The molecule has 0 spiro atoms. The molecule has 1 N–H and O–H groups in total. The molecule has 5 nitrogen and oxygen atoms in total. The van der Waals surface area contributed by atoms with E-state index in [1.54, 1.807) is 7.11 Å². The van der Waals surface area contributed by atoms with Crippen molar-refractivity contribution in [2.24, 2.45) is 5.92 Å². The van der Waals surface area contributed by atoms with E-state index in [9.17, 15) is 9.59 Å². The Balaban J connectivity index is 3.33. The summed E-state index contributed by atoms with van der Waals surface area (Å²) in [6.45, 7) is 5.50. The number of hydrogen-bond acceptors (Lipinski definition) is 4. The zero-order valence-electron chi connectivity index (χ0n) is 11.0. The lowest BCUT2D eigenvalue weighted by molar-refractivity contribution is -0.123. The van der Waals surface area contributed by atoms with E-state index in [1.807, 2.05) is 13.8 Å². The van der Waals surface area contributed by atoms with Crippen LogP contribution in [0.4, 0.5) is 0 Å². The highest BCUT2D eigenvalue weighted by molar-refractivity contribution is 5.80. The third kappa shape index (κ3) is 9.96. The highest BCUT2D eigenvalue weighted by Gasteiger charge is 2.06. The van der Waals surface area contributed by atoms with E-state index in [0.717, 1.165) is 0 Å². The van der Waals surface area contributed by atoms with Crippen LogP contribution in [0, 0.1) is 5.92 Å². The normalized spacial score (nSPS) is 10.6. The van der Waals surface area contributed by atoms with E-state index in [1.165, 1.54) is 0 Å². The van der Waals surface area contributed by atoms with Crippen LogP contribution in [0.25, 0.3) is 0 Å². The quantitative estimate of drug-likeness (QED) is 0.577. The fourth-order valence-corrected chi connectivity index (χ4v) is 1.11.